The fraction of sp³-hybridized carbons (Fsp3) is 0. The number of carbonyl (C=O) groups is 1. The van der Waals surface area contributed by atoms with Crippen LogP contribution in [0.1, 0.15) is 10.4 Å². The largest absolute Gasteiger partial charge is 0.478 e. The quantitative estimate of drug-likeness (QED) is 0.661. The first-order chi connectivity index (χ1) is 9.88. The summed E-state index contributed by atoms with van der Waals surface area (Å²) in [5, 5.41) is 22.4. The molecule has 0 aliphatic heterocycles. The van der Waals surface area contributed by atoms with Crippen LogP contribution in [0.2, 0.25) is 5.02 Å². The maximum Gasteiger partial charge on any atom is 0.335 e. The molecule has 0 amide bonds. The van der Waals surface area contributed by atoms with E-state index < -0.39 is 16.7 Å². The molecule has 21 heavy (non-hydrogen) atoms. The second-order valence-electron chi connectivity index (χ2n) is 4.04. The molecule has 0 aliphatic rings. The summed E-state index contributed by atoms with van der Waals surface area (Å²) in [6, 6.07) is 6.77. The average Bonchev–Trinajstić information content (AvgIpc) is 2.40. The number of nitro groups is 1. The topological polar surface area (TPSA) is 92.5 Å². The van der Waals surface area contributed by atoms with Gasteiger partial charge in [-0.1, -0.05) is 11.6 Å². The summed E-state index contributed by atoms with van der Waals surface area (Å²) < 4.78 is 13.2. The molecule has 0 aliphatic carbocycles. The van der Waals surface area contributed by atoms with E-state index in [0.717, 1.165) is 18.2 Å². The second kappa shape index (κ2) is 5.76. The van der Waals surface area contributed by atoms with Gasteiger partial charge in [0, 0.05) is 12.1 Å². The van der Waals surface area contributed by atoms with Crippen molar-refractivity contribution in [2.24, 2.45) is 0 Å². The van der Waals surface area contributed by atoms with E-state index in [-0.39, 0.29) is 27.6 Å². The van der Waals surface area contributed by atoms with Gasteiger partial charge in [0.05, 0.1) is 21.2 Å². The van der Waals surface area contributed by atoms with E-state index >= 15 is 0 Å². The van der Waals surface area contributed by atoms with Crippen LogP contribution >= 0.6 is 11.6 Å². The summed E-state index contributed by atoms with van der Waals surface area (Å²) in [5.74, 6) is -1.80. The lowest BCUT2D eigenvalue weighted by atomic mass is 10.2. The third-order valence-electron chi connectivity index (χ3n) is 2.64. The van der Waals surface area contributed by atoms with Crippen LogP contribution in [0.4, 0.5) is 21.5 Å². The van der Waals surface area contributed by atoms with Crippen molar-refractivity contribution in [3.63, 3.8) is 0 Å². The Kier molecular flexibility index (Phi) is 4.04. The van der Waals surface area contributed by atoms with Gasteiger partial charge in [0.25, 0.3) is 5.69 Å². The molecule has 0 saturated carbocycles. The lowest BCUT2D eigenvalue weighted by Gasteiger charge is -2.09. The maximum absolute atomic E-state index is 13.2. The lowest BCUT2D eigenvalue weighted by molar-refractivity contribution is -0.384. The van der Waals surface area contributed by atoms with E-state index in [9.17, 15) is 19.3 Å². The van der Waals surface area contributed by atoms with Crippen LogP contribution in [0.25, 0.3) is 0 Å². The van der Waals surface area contributed by atoms with Crippen molar-refractivity contribution in [1.82, 2.24) is 0 Å². The second-order valence-corrected chi connectivity index (χ2v) is 4.45. The number of benzene rings is 2. The van der Waals surface area contributed by atoms with E-state index in [1.807, 2.05) is 0 Å². The normalized spacial score (nSPS) is 10.2. The van der Waals surface area contributed by atoms with E-state index in [1.54, 1.807) is 0 Å². The highest BCUT2D eigenvalue weighted by Crippen LogP contribution is 2.32. The van der Waals surface area contributed by atoms with Crippen molar-refractivity contribution in [2.45, 2.75) is 0 Å². The summed E-state index contributed by atoms with van der Waals surface area (Å²) in [7, 11) is 0. The molecule has 6 nitrogen and oxygen atoms in total. The van der Waals surface area contributed by atoms with E-state index in [2.05, 4.69) is 5.32 Å². The summed E-state index contributed by atoms with van der Waals surface area (Å²) in [4.78, 5) is 21.0. The molecule has 8 heteroatoms. The number of aromatic carboxylic acids is 1. The first kappa shape index (κ1) is 14.7. The first-order valence-corrected chi connectivity index (χ1v) is 6.00. The number of hydrogen-bond donors (Lipinski definition) is 2. The Hall–Kier alpha value is -2.67. The molecule has 0 fully saturated rings. The summed E-state index contributed by atoms with van der Waals surface area (Å²) >= 11 is 5.91. The third-order valence-corrected chi connectivity index (χ3v) is 2.95. The number of hydrogen-bond acceptors (Lipinski definition) is 4. The average molecular weight is 311 g/mol. The Morgan fingerprint density at radius 3 is 2.52 bits per heavy atom. The predicted molar refractivity (Wildman–Crippen MR) is 74.7 cm³/mol. The Labute approximate surface area is 122 Å². The molecule has 0 atom stereocenters. The number of nitro benzene ring substituents is 1. The molecule has 2 aromatic carbocycles. The summed E-state index contributed by atoms with van der Waals surface area (Å²) in [6.45, 7) is 0. The van der Waals surface area contributed by atoms with E-state index in [1.165, 1.54) is 18.2 Å². The molecule has 0 aromatic heterocycles. The zero-order valence-electron chi connectivity index (χ0n) is 10.3. The van der Waals surface area contributed by atoms with Gasteiger partial charge >= 0.3 is 5.97 Å². The molecule has 2 N–H and O–H groups in total. The molecule has 108 valence electrons. The maximum atomic E-state index is 13.2. The van der Waals surface area contributed by atoms with Gasteiger partial charge in [-0.25, -0.2) is 9.18 Å². The van der Waals surface area contributed by atoms with Gasteiger partial charge in [-0.15, -0.1) is 0 Å². The first-order valence-electron chi connectivity index (χ1n) is 5.62. The molecular formula is C13H8ClFN2O4. The third kappa shape index (κ3) is 3.26. The van der Waals surface area contributed by atoms with Crippen LogP contribution in [-0.4, -0.2) is 16.0 Å². The number of carboxylic acids is 1. The minimum atomic E-state index is -1.15. The highest BCUT2D eigenvalue weighted by molar-refractivity contribution is 6.33. The molecule has 0 unspecified atom stereocenters. The Morgan fingerprint density at radius 1 is 1.24 bits per heavy atom. The van der Waals surface area contributed by atoms with Gasteiger partial charge in [0.2, 0.25) is 0 Å². The van der Waals surface area contributed by atoms with Crippen molar-refractivity contribution in [2.75, 3.05) is 5.32 Å². The van der Waals surface area contributed by atoms with Crippen molar-refractivity contribution < 1.29 is 19.2 Å². The minimum absolute atomic E-state index is 0.0284. The number of rotatable bonds is 4. The van der Waals surface area contributed by atoms with Crippen LogP contribution in [0, 0.1) is 15.9 Å². The monoisotopic (exact) mass is 310 g/mol. The zero-order chi connectivity index (χ0) is 15.6. The summed E-state index contributed by atoms with van der Waals surface area (Å²) in [6.07, 6.45) is 0. The van der Waals surface area contributed by atoms with Gasteiger partial charge in [0.15, 0.2) is 0 Å². The highest BCUT2D eigenvalue weighted by atomic mass is 35.5. The van der Waals surface area contributed by atoms with Crippen LogP contribution in [-0.2, 0) is 0 Å². The van der Waals surface area contributed by atoms with Crippen molar-refractivity contribution in [1.29, 1.82) is 0 Å². The minimum Gasteiger partial charge on any atom is -0.478 e. The molecule has 0 bridgehead atoms. The highest BCUT2D eigenvalue weighted by Gasteiger charge is 2.16. The van der Waals surface area contributed by atoms with Crippen molar-refractivity contribution in [3.8, 4) is 0 Å². The Bertz CT molecular complexity index is 736. The smallest absolute Gasteiger partial charge is 0.335 e. The number of anilines is 2. The number of halogens is 2. The Morgan fingerprint density at radius 2 is 1.95 bits per heavy atom. The molecule has 0 spiro atoms. The molecule has 2 aromatic rings. The molecular weight excluding hydrogens is 303 g/mol. The fourth-order valence-corrected chi connectivity index (χ4v) is 1.89. The predicted octanol–water partition coefficient (Wildman–Crippen LogP) is 3.83. The van der Waals surface area contributed by atoms with Gasteiger partial charge in [-0.2, -0.15) is 0 Å². The lowest BCUT2D eigenvalue weighted by Crippen LogP contribution is -2.00. The molecule has 0 saturated heterocycles. The van der Waals surface area contributed by atoms with Crippen LogP contribution in [0.5, 0.6) is 0 Å². The number of nitrogens with zero attached hydrogens (tertiary/aromatic N) is 1. The van der Waals surface area contributed by atoms with Gasteiger partial charge in [-0.05, 0) is 24.3 Å². The van der Waals surface area contributed by atoms with Crippen molar-refractivity contribution >= 4 is 34.6 Å². The summed E-state index contributed by atoms with van der Waals surface area (Å²) in [5.41, 5.74) is -0.200. The van der Waals surface area contributed by atoms with Gasteiger partial charge in [0.1, 0.15) is 11.5 Å². The zero-order valence-corrected chi connectivity index (χ0v) is 11.1. The van der Waals surface area contributed by atoms with Gasteiger partial charge < -0.3 is 10.4 Å². The van der Waals surface area contributed by atoms with Crippen molar-refractivity contribution in [3.05, 3.63) is 62.9 Å². The molecule has 0 radical (unpaired) electrons. The van der Waals surface area contributed by atoms with E-state index in [4.69, 9.17) is 16.7 Å². The Balaban J connectivity index is 2.40. The van der Waals surface area contributed by atoms with E-state index in [0.29, 0.717) is 0 Å². The number of carboxylic acid groups (broad SMARTS) is 1. The van der Waals surface area contributed by atoms with Gasteiger partial charge in [-0.3, -0.25) is 10.1 Å². The van der Waals surface area contributed by atoms with Crippen LogP contribution in [0.3, 0.4) is 0 Å². The number of nitrogens with one attached hydrogen (secondary N) is 1. The SMILES string of the molecule is O=C(O)c1ccc(Nc2cc(F)ccc2[N+](=O)[O-])c(Cl)c1. The van der Waals surface area contributed by atoms with Crippen LogP contribution < -0.4 is 5.32 Å². The van der Waals surface area contributed by atoms with Crippen LogP contribution in [0.15, 0.2) is 36.4 Å². The molecule has 2 rings (SSSR count). The fourth-order valence-electron chi connectivity index (χ4n) is 1.66. The molecule has 0 heterocycles. The standard InChI is InChI=1S/C13H8ClFN2O4/c14-9-5-7(13(18)19)1-3-10(9)16-11-6-8(15)2-4-12(11)17(20)21/h1-6,16H,(H,18,19).